The Bertz CT molecular complexity index is 785. The maximum absolute atomic E-state index is 12.7. The smallest absolute Gasteiger partial charge is 0.252 e. The van der Waals surface area contributed by atoms with Gasteiger partial charge in [-0.3, -0.25) is 14.6 Å². The molecule has 0 spiro atoms. The van der Waals surface area contributed by atoms with Gasteiger partial charge in [-0.25, -0.2) is 0 Å². The van der Waals surface area contributed by atoms with Gasteiger partial charge in [0.1, 0.15) is 0 Å². The van der Waals surface area contributed by atoms with E-state index in [2.05, 4.69) is 10.3 Å². The fourth-order valence-corrected chi connectivity index (χ4v) is 3.09. The number of nitrogens with one attached hydrogen (secondary N) is 1. The number of benzene rings is 1. The lowest BCUT2D eigenvalue weighted by atomic mass is 10.0. The zero-order valence-electron chi connectivity index (χ0n) is 13.7. The van der Waals surface area contributed by atoms with Crippen LogP contribution >= 0.6 is 0 Å². The molecule has 2 amide bonds. The molecule has 2 heterocycles. The molecule has 0 bridgehead atoms. The first kappa shape index (κ1) is 15.5. The van der Waals surface area contributed by atoms with Crippen molar-refractivity contribution in [3.05, 3.63) is 41.1 Å². The normalized spacial score (nSPS) is 17.5. The zero-order chi connectivity index (χ0) is 16.6. The summed E-state index contributed by atoms with van der Waals surface area (Å²) >= 11 is 0. The van der Waals surface area contributed by atoms with Crippen LogP contribution in [0.3, 0.4) is 0 Å². The van der Waals surface area contributed by atoms with E-state index in [9.17, 15) is 9.59 Å². The molecule has 1 fully saturated rings. The molecule has 0 saturated carbocycles. The molecular weight excluding hydrogens is 290 g/mol. The summed E-state index contributed by atoms with van der Waals surface area (Å²) in [4.78, 5) is 30.4. The van der Waals surface area contributed by atoms with E-state index in [1.807, 2.05) is 38.1 Å². The van der Waals surface area contributed by atoms with Crippen LogP contribution in [-0.4, -0.2) is 40.8 Å². The summed E-state index contributed by atoms with van der Waals surface area (Å²) in [5, 5.41) is 3.93. The summed E-state index contributed by atoms with van der Waals surface area (Å²) in [7, 11) is 0. The number of amides is 2. The average molecular weight is 311 g/mol. The largest absolute Gasteiger partial charge is 0.347 e. The molecule has 1 aromatic carbocycles. The van der Waals surface area contributed by atoms with E-state index >= 15 is 0 Å². The van der Waals surface area contributed by atoms with Crippen molar-refractivity contribution in [2.45, 2.75) is 33.2 Å². The molecule has 23 heavy (non-hydrogen) atoms. The molecule has 5 nitrogen and oxygen atoms in total. The summed E-state index contributed by atoms with van der Waals surface area (Å²) < 4.78 is 0. The molecule has 3 rings (SSSR count). The molecular formula is C18H21N3O2. The van der Waals surface area contributed by atoms with Crippen molar-refractivity contribution >= 4 is 22.7 Å². The van der Waals surface area contributed by atoms with Crippen molar-refractivity contribution in [2.75, 3.05) is 13.1 Å². The van der Waals surface area contributed by atoms with Crippen LogP contribution in [0.5, 0.6) is 0 Å². The van der Waals surface area contributed by atoms with Crippen LogP contribution in [0.15, 0.2) is 24.3 Å². The van der Waals surface area contributed by atoms with Crippen LogP contribution in [-0.2, 0) is 4.79 Å². The number of carbonyl (C=O) groups is 2. The second-order valence-corrected chi connectivity index (χ2v) is 6.26. The fourth-order valence-electron chi connectivity index (χ4n) is 3.09. The van der Waals surface area contributed by atoms with Crippen LogP contribution in [0.25, 0.3) is 10.9 Å². The average Bonchev–Trinajstić information content (AvgIpc) is 2.95. The first-order valence-electron chi connectivity index (χ1n) is 7.88. The summed E-state index contributed by atoms with van der Waals surface area (Å²) in [6.07, 6.45) is 0.798. The number of hydrogen-bond donors (Lipinski definition) is 1. The molecule has 1 saturated heterocycles. The van der Waals surface area contributed by atoms with Crippen LogP contribution in [0.4, 0.5) is 0 Å². The first-order chi connectivity index (χ1) is 10.9. The topological polar surface area (TPSA) is 62.3 Å². The van der Waals surface area contributed by atoms with E-state index in [1.165, 1.54) is 0 Å². The molecule has 1 aliphatic heterocycles. The minimum absolute atomic E-state index is 0.0136. The van der Waals surface area contributed by atoms with Gasteiger partial charge in [-0.15, -0.1) is 0 Å². The molecule has 0 aliphatic carbocycles. The highest BCUT2D eigenvalue weighted by Crippen LogP contribution is 2.20. The van der Waals surface area contributed by atoms with Gasteiger partial charge in [-0.1, -0.05) is 11.6 Å². The summed E-state index contributed by atoms with van der Waals surface area (Å²) in [5.41, 5.74) is 3.40. The second-order valence-electron chi connectivity index (χ2n) is 6.26. The van der Waals surface area contributed by atoms with Crippen molar-refractivity contribution in [3.63, 3.8) is 0 Å². The Kier molecular flexibility index (Phi) is 4.03. The van der Waals surface area contributed by atoms with Crippen LogP contribution in [0, 0.1) is 13.8 Å². The number of pyridine rings is 1. The van der Waals surface area contributed by atoms with Crippen molar-refractivity contribution in [3.8, 4) is 0 Å². The minimum Gasteiger partial charge on any atom is -0.347 e. The van der Waals surface area contributed by atoms with Crippen molar-refractivity contribution < 1.29 is 9.59 Å². The van der Waals surface area contributed by atoms with Crippen LogP contribution < -0.4 is 5.32 Å². The monoisotopic (exact) mass is 311 g/mol. The summed E-state index contributed by atoms with van der Waals surface area (Å²) in [6, 6.07) is 7.78. The molecule has 5 heteroatoms. The third-order valence-electron chi connectivity index (χ3n) is 4.31. The molecule has 1 atom stereocenters. The number of carbonyl (C=O) groups excluding carboxylic acids is 2. The van der Waals surface area contributed by atoms with Crippen molar-refractivity contribution in [2.24, 2.45) is 0 Å². The highest BCUT2D eigenvalue weighted by Gasteiger charge is 2.26. The highest BCUT2D eigenvalue weighted by molar-refractivity contribution is 6.06. The Morgan fingerprint density at radius 1 is 1.26 bits per heavy atom. The third kappa shape index (κ3) is 3.18. The third-order valence-corrected chi connectivity index (χ3v) is 4.31. The van der Waals surface area contributed by atoms with Crippen molar-refractivity contribution in [1.29, 1.82) is 0 Å². The number of aromatic nitrogens is 1. The lowest BCUT2D eigenvalue weighted by molar-refractivity contribution is -0.127. The van der Waals surface area contributed by atoms with Gasteiger partial charge in [0.15, 0.2) is 0 Å². The minimum atomic E-state index is -0.0958. The van der Waals surface area contributed by atoms with E-state index in [4.69, 9.17) is 0 Å². The van der Waals surface area contributed by atoms with Gasteiger partial charge in [0.2, 0.25) is 5.91 Å². The zero-order valence-corrected chi connectivity index (χ0v) is 13.7. The molecule has 0 radical (unpaired) electrons. The predicted octanol–water partition coefficient (Wildman–Crippen LogP) is 2.20. The number of fused-ring (bicyclic) bond motifs is 1. The molecule has 1 unspecified atom stereocenters. The van der Waals surface area contributed by atoms with E-state index < -0.39 is 0 Å². The summed E-state index contributed by atoms with van der Waals surface area (Å²) in [5.74, 6) is -0.0379. The number of likely N-dealkylation sites (tertiary alicyclic amines) is 1. The Morgan fingerprint density at radius 3 is 2.74 bits per heavy atom. The van der Waals surface area contributed by atoms with Gasteiger partial charge >= 0.3 is 0 Å². The van der Waals surface area contributed by atoms with E-state index in [0.29, 0.717) is 18.7 Å². The standard InChI is InChI=1S/C18H21N3O2/c1-11-4-5-17-15(8-11)16(9-12(2)19-17)18(23)20-14-6-7-21(10-14)13(3)22/h4-5,8-9,14H,6-7,10H2,1-3H3,(H,20,23). The maximum Gasteiger partial charge on any atom is 0.252 e. The molecule has 1 aliphatic rings. The Morgan fingerprint density at radius 2 is 2.04 bits per heavy atom. The summed E-state index contributed by atoms with van der Waals surface area (Å²) in [6.45, 7) is 6.75. The highest BCUT2D eigenvalue weighted by atomic mass is 16.2. The number of hydrogen-bond acceptors (Lipinski definition) is 3. The Balaban J connectivity index is 1.86. The first-order valence-corrected chi connectivity index (χ1v) is 7.88. The lowest BCUT2D eigenvalue weighted by Crippen LogP contribution is -2.38. The SMILES string of the molecule is CC(=O)N1CCC(NC(=O)c2cc(C)nc3ccc(C)cc23)C1. The van der Waals surface area contributed by atoms with Gasteiger partial charge < -0.3 is 10.2 Å². The number of rotatable bonds is 2. The van der Waals surface area contributed by atoms with Gasteiger partial charge in [-0.2, -0.15) is 0 Å². The van der Waals surface area contributed by atoms with Gasteiger partial charge in [0.05, 0.1) is 11.1 Å². The predicted molar refractivity (Wildman–Crippen MR) is 89.3 cm³/mol. The Labute approximate surface area is 135 Å². The van der Waals surface area contributed by atoms with E-state index in [0.717, 1.165) is 28.6 Å². The maximum atomic E-state index is 12.7. The second kappa shape index (κ2) is 5.99. The molecule has 2 aromatic rings. The quantitative estimate of drug-likeness (QED) is 0.925. The molecule has 1 N–H and O–H groups in total. The number of aryl methyl sites for hydroxylation is 2. The van der Waals surface area contributed by atoms with Gasteiger partial charge in [0.25, 0.3) is 5.91 Å². The fraction of sp³-hybridized carbons (Fsp3) is 0.389. The molecule has 120 valence electrons. The Hall–Kier alpha value is -2.43. The van der Waals surface area contributed by atoms with Crippen LogP contribution in [0.1, 0.15) is 35.0 Å². The lowest BCUT2D eigenvalue weighted by Gasteiger charge is -2.16. The van der Waals surface area contributed by atoms with E-state index in [-0.39, 0.29) is 17.9 Å². The molecule has 1 aromatic heterocycles. The number of nitrogens with zero attached hydrogens (tertiary/aromatic N) is 2. The van der Waals surface area contributed by atoms with Crippen LogP contribution in [0.2, 0.25) is 0 Å². The van der Waals surface area contributed by atoms with Gasteiger partial charge in [-0.05, 0) is 38.5 Å². The van der Waals surface area contributed by atoms with Gasteiger partial charge in [0, 0.05) is 37.1 Å². The van der Waals surface area contributed by atoms with E-state index in [1.54, 1.807) is 11.8 Å². The van der Waals surface area contributed by atoms with Crippen molar-refractivity contribution in [1.82, 2.24) is 15.2 Å².